The van der Waals surface area contributed by atoms with Gasteiger partial charge in [0, 0.05) is 37.5 Å². The maximum absolute atomic E-state index is 14.9. The van der Waals surface area contributed by atoms with Gasteiger partial charge in [-0.1, -0.05) is 57.2 Å². The molecule has 10 nitrogen and oxygen atoms in total. The van der Waals surface area contributed by atoms with Gasteiger partial charge in [0.1, 0.15) is 11.9 Å². The number of nitrogens with one attached hydrogen (secondary N) is 1. The molecule has 6 rings (SSSR count). The molecule has 13 heteroatoms. The van der Waals surface area contributed by atoms with E-state index in [1.165, 1.54) is 16.8 Å². The molecule has 254 valence electrons. The van der Waals surface area contributed by atoms with Crippen LogP contribution in [0.25, 0.3) is 16.8 Å². The molecule has 2 atom stereocenters. The van der Waals surface area contributed by atoms with Crippen molar-refractivity contribution in [2.45, 2.75) is 70.7 Å². The summed E-state index contributed by atoms with van der Waals surface area (Å²) in [4.78, 5) is 21.7. The van der Waals surface area contributed by atoms with Gasteiger partial charge in [0.15, 0.2) is 0 Å². The van der Waals surface area contributed by atoms with Gasteiger partial charge in [0.2, 0.25) is 17.9 Å². The van der Waals surface area contributed by atoms with Crippen LogP contribution < -0.4 is 20.7 Å². The zero-order valence-corrected chi connectivity index (χ0v) is 27.4. The molecule has 0 bridgehead atoms. The largest absolute Gasteiger partial charge is 0.480 e. The number of anilines is 2. The van der Waals surface area contributed by atoms with Crippen molar-refractivity contribution in [1.29, 1.82) is 0 Å². The lowest BCUT2D eigenvalue weighted by Gasteiger charge is -2.39. The Balaban J connectivity index is 1.32. The number of carboxylic acids is 1. The van der Waals surface area contributed by atoms with E-state index in [1.807, 2.05) is 29.2 Å². The Kier molecular flexibility index (Phi) is 8.61. The van der Waals surface area contributed by atoms with Crippen molar-refractivity contribution in [2.24, 2.45) is 5.41 Å². The fourth-order valence-corrected chi connectivity index (χ4v) is 6.62. The molecule has 0 unspecified atom stereocenters. The predicted octanol–water partition coefficient (Wildman–Crippen LogP) is 6.23. The number of nitrogens with two attached hydrogens (primary N) is 1. The van der Waals surface area contributed by atoms with E-state index in [4.69, 9.17) is 10.5 Å². The quantitative estimate of drug-likeness (QED) is 0.211. The highest BCUT2D eigenvalue weighted by molar-refractivity contribution is 5.74. The zero-order chi connectivity index (χ0) is 34.4. The van der Waals surface area contributed by atoms with Crippen LogP contribution in [0.2, 0.25) is 0 Å². The Morgan fingerprint density at radius 2 is 1.79 bits per heavy atom. The highest BCUT2D eigenvalue weighted by atomic mass is 19.4. The summed E-state index contributed by atoms with van der Waals surface area (Å²) in [6.45, 7) is 9.76. The van der Waals surface area contributed by atoms with E-state index in [1.54, 1.807) is 31.3 Å². The number of aryl methyl sites for hydroxylation is 1. The zero-order valence-electron chi connectivity index (χ0n) is 27.4. The number of carboxylic acid groups (broad SMARTS) is 1. The molecular formula is C35H40F3N7O3. The van der Waals surface area contributed by atoms with Crippen molar-refractivity contribution in [3.05, 3.63) is 77.6 Å². The van der Waals surface area contributed by atoms with Crippen molar-refractivity contribution in [3.63, 3.8) is 0 Å². The molecule has 4 N–H and O–H groups in total. The third kappa shape index (κ3) is 6.96. The third-order valence-electron chi connectivity index (χ3n) is 9.39. The Labute approximate surface area is 277 Å². The van der Waals surface area contributed by atoms with Gasteiger partial charge in [-0.2, -0.15) is 28.2 Å². The molecule has 0 radical (unpaired) electrons. The second kappa shape index (κ2) is 12.4. The van der Waals surface area contributed by atoms with Crippen LogP contribution >= 0.6 is 0 Å². The van der Waals surface area contributed by atoms with Crippen molar-refractivity contribution >= 4 is 17.7 Å². The second-order valence-electron chi connectivity index (χ2n) is 13.9. The highest BCUT2D eigenvalue weighted by Crippen LogP contribution is 2.43. The number of nitrogen functional groups attached to an aromatic ring is 1. The molecule has 0 aliphatic carbocycles. The standard InChI is InChI=1S/C35H40F3N7O3/c1-21-10-13-45(43-21)27-17-23(22-6-5-7-24(16-22)33(2,3)4)8-9-25(27)30(35(36,37)38)48-29-18-28(41-32(39)42-29)44-14-11-34(12-15-44)19-26(31(46)47)40-20-34/h5-10,13,16-18,26,30,40H,11-12,14-15,19-20H2,1-4H3,(H,46,47)(H2,39,41,42)/t26-,30+/m0/s1. The Morgan fingerprint density at radius 1 is 1.06 bits per heavy atom. The molecule has 2 aromatic heterocycles. The molecular weight excluding hydrogens is 623 g/mol. The van der Waals surface area contributed by atoms with Crippen LogP contribution in [0.15, 0.2) is 60.8 Å². The Hall–Kier alpha value is -4.65. The van der Waals surface area contributed by atoms with E-state index in [0.29, 0.717) is 50.4 Å². The minimum atomic E-state index is -4.82. The maximum Gasteiger partial charge on any atom is 0.429 e. The summed E-state index contributed by atoms with van der Waals surface area (Å²) >= 11 is 0. The number of nitrogens with zero attached hydrogens (tertiary/aromatic N) is 5. The number of hydrogen-bond donors (Lipinski definition) is 3. The van der Waals surface area contributed by atoms with Crippen LogP contribution in [-0.4, -0.2) is 62.7 Å². The van der Waals surface area contributed by atoms with Gasteiger partial charge in [-0.05, 0) is 65.8 Å². The first kappa shape index (κ1) is 33.3. The molecule has 48 heavy (non-hydrogen) atoms. The number of benzene rings is 2. The number of ether oxygens (including phenoxy) is 1. The summed E-state index contributed by atoms with van der Waals surface area (Å²) in [5.41, 5.74) is 9.17. The van der Waals surface area contributed by atoms with Gasteiger partial charge in [-0.25, -0.2) is 4.68 Å². The van der Waals surface area contributed by atoms with Crippen LogP contribution in [0.5, 0.6) is 5.88 Å². The van der Waals surface area contributed by atoms with Gasteiger partial charge < -0.3 is 25.8 Å². The molecule has 1 spiro atoms. The average molecular weight is 664 g/mol. The number of piperidine rings is 1. The van der Waals surface area contributed by atoms with E-state index >= 15 is 0 Å². The number of carbonyl (C=O) groups is 1. The Bertz CT molecular complexity index is 1810. The van der Waals surface area contributed by atoms with Gasteiger partial charge >= 0.3 is 12.1 Å². The molecule has 2 aromatic carbocycles. The summed E-state index contributed by atoms with van der Waals surface area (Å²) in [5.74, 6) is -1.03. The van der Waals surface area contributed by atoms with E-state index in [-0.39, 0.29) is 33.9 Å². The van der Waals surface area contributed by atoms with E-state index in [9.17, 15) is 23.1 Å². The van der Waals surface area contributed by atoms with Crippen molar-refractivity contribution < 1.29 is 27.8 Å². The number of aliphatic carboxylic acids is 1. The fraction of sp³-hybridized carbons (Fsp3) is 0.429. The number of halogens is 3. The minimum Gasteiger partial charge on any atom is -0.480 e. The Morgan fingerprint density at radius 3 is 2.42 bits per heavy atom. The lowest BCUT2D eigenvalue weighted by Crippen LogP contribution is -2.41. The van der Waals surface area contributed by atoms with Gasteiger partial charge in [0.25, 0.3) is 0 Å². The molecule has 0 saturated carbocycles. The average Bonchev–Trinajstić information content (AvgIpc) is 3.65. The van der Waals surface area contributed by atoms with Gasteiger partial charge in [-0.3, -0.25) is 4.79 Å². The third-order valence-corrected chi connectivity index (χ3v) is 9.39. The molecule has 2 saturated heterocycles. The lowest BCUT2D eigenvalue weighted by atomic mass is 9.76. The summed E-state index contributed by atoms with van der Waals surface area (Å²) < 4.78 is 51.9. The molecule has 0 amide bonds. The van der Waals surface area contributed by atoms with E-state index < -0.39 is 24.3 Å². The highest BCUT2D eigenvalue weighted by Gasteiger charge is 2.46. The van der Waals surface area contributed by atoms with Gasteiger partial charge in [0.05, 0.1) is 11.4 Å². The van der Waals surface area contributed by atoms with Gasteiger partial charge in [-0.15, -0.1) is 0 Å². The number of rotatable bonds is 7. The van der Waals surface area contributed by atoms with Crippen LogP contribution in [0.4, 0.5) is 24.9 Å². The molecule has 4 heterocycles. The molecule has 2 aliphatic heterocycles. The first-order valence-electron chi connectivity index (χ1n) is 16.0. The van der Waals surface area contributed by atoms with Crippen LogP contribution in [0.3, 0.4) is 0 Å². The first-order chi connectivity index (χ1) is 22.6. The number of aromatic nitrogens is 4. The van der Waals surface area contributed by atoms with E-state index in [0.717, 1.165) is 16.7 Å². The molecule has 2 aliphatic rings. The molecule has 4 aromatic rings. The summed E-state index contributed by atoms with van der Waals surface area (Å²) in [5, 5.41) is 16.9. The number of hydrogen-bond acceptors (Lipinski definition) is 8. The van der Waals surface area contributed by atoms with E-state index in [2.05, 4.69) is 41.2 Å². The van der Waals surface area contributed by atoms with Crippen molar-refractivity contribution in [3.8, 4) is 22.7 Å². The predicted molar refractivity (Wildman–Crippen MR) is 176 cm³/mol. The summed E-state index contributed by atoms with van der Waals surface area (Å²) in [6, 6.07) is 15.3. The normalized spacial score (nSPS) is 18.6. The first-order valence-corrected chi connectivity index (χ1v) is 16.0. The summed E-state index contributed by atoms with van der Waals surface area (Å²) in [7, 11) is 0. The number of alkyl halides is 3. The van der Waals surface area contributed by atoms with Crippen LogP contribution in [0, 0.1) is 12.3 Å². The monoisotopic (exact) mass is 663 g/mol. The maximum atomic E-state index is 14.9. The van der Waals surface area contributed by atoms with Crippen molar-refractivity contribution in [2.75, 3.05) is 30.3 Å². The smallest absolute Gasteiger partial charge is 0.429 e. The van der Waals surface area contributed by atoms with Crippen LogP contribution in [0.1, 0.15) is 63.0 Å². The lowest BCUT2D eigenvalue weighted by molar-refractivity contribution is -0.198. The SMILES string of the molecule is Cc1ccn(-c2cc(-c3cccc(C(C)(C)C)c3)ccc2[C@@H](Oc2cc(N3CCC4(CC3)CN[C@H](C(=O)O)C4)nc(N)n2)C(F)(F)F)n1. The molecule has 2 fully saturated rings. The second-order valence-corrected chi connectivity index (χ2v) is 13.9. The minimum absolute atomic E-state index is 0.113. The fourth-order valence-electron chi connectivity index (χ4n) is 6.62. The van der Waals surface area contributed by atoms with Crippen molar-refractivity contribution in [1.82, 2.24) is 25.1 Å². The topological polar surface area (TPSA) is 131 Å². The summed E-state index contributed by atoms with van der Waals surface area (Å²) in [6.07, 6.45) is -3.66. The van der Waals surface area contributed by atoms with Crippen LogP contribution in [-0.2, 0) is 10.2 Å².